The number of nitro groups is 1. The Hall–Kier alpha value is -2.11. The highest BCUT2D eigenvalue weighted by Crippen LogP contribution is 2.27. The number of rotatable bonds is 4. The molecule has 0 heterocycles. The summed E-state index contributed by atoms with van der Waals surface area (Å²) in [5.74, 6) is -0.386. The first-order valence-corrected chi connectivity index (χ1v) is 5.70. The third kappa shape index (κ3) is 2.58. The average Bonchev–Trinajstić information content (AvgIpc) is 2.35. The van der Waals surface area contributed by atoms with Gasteiger partial charge in [-0.15, -0.1) is 0 Å². The Morgan fingerprint density at radius 3 is 2.67 bits per heavy atom. The fourth-order valence-electron chi connectivity index (χ4n) is 1.60. The van der Waals surface area contributed by atoms with Crippen LogP contribution in [0.4, 0.5) is 11.4 Å². The lowest BCUT2D eigenvalue weighted by atomic mass is 10.1. The maximum Gasteiger partial charge on any atom is 0.304 e. The van der Waals surface area contributed by atoms with Gasteiger partial charge in [0.15, 0.2) is 0 Å². The lowest BCUT2D eigenvalue weighted by molar-refractivity contribution is -0.384. The van der Waals surface area contributed by atoms with Crippen molar-refractivity contribution in [1.82, 2.24) is 4.90 Å². The van der Waals surface area contributed by atoms with Crippen molar-refractivity contribution in [2.75, 3.05) is 12.8 Å². The standard InChI is InChI=1S/C12H17N3O3/c1-4-8(2)14(3)12(16)9-6-5-7-10(13)11(9)15(17)18/h5-8H,4,13H2,1-3H3. The predicted molar refractivity (Wildman–Crippen MR) is 69.4 cm³/mol. The Bertz CT molecular complexity index is 474. The zero-order valence-corrected chi connectivity index (χ0v) is 10.7. The topological polar surface area (TPSA) is 89.5 Å². The Morgan fingerprint density at radius 2 is 2.17 bits per heavy atom. The molecule has 1 atom stereocenters. The summed E-state index contributed by atoms with van der Waals surface area (Å²) >= 11 is 0. The van der Waals surface area contributed by atoms with E-state index in [1.165, 1.54) is 17.0 Å². The third-order valence-electron chi connectivity index (χ3n) is 3.05. The minimum absolute atomic E-state index is 0.00315. The van der Waals surface area contributed by atoms with Crippen LogP contribution in [-0.2, 0) is 0 Å². The molecule has 1 aromatic rings. The van der Waals surface area contributed by atoms with E-state index >= 15 is 0 Å². The second kappa shape index (κ2) is 5.48. The Balaban J connectivity index is 3.21. The molecule has 98 valence electrons. The predicted octanol–water partition coefficient (Wildman–Crippen LogP) is 2.05. The van der Waals surface area contributed by atoms with Gasteiger partial charge in [-0.3, -0.25) is 14.9 Å². The van der Waals surface area contributed by atoms with Crippen molar-refractivity contribution in [2.45, 2.75) is 26.3 Å². The first-order valence-electron chi connectivity index (χ1n) is 5.70. The summed E-state index contributed by atoms with van der Waals surface area (Å²) in [5.41, 5.74) is 5.27. The van der Waals surface area contributed by atoms with Crippen LogP contribution in [0.15, 0.2) is 18.2 Å². The average molecular weight is 251 g/mol. The van der Waals surface area contributed by atoms with Crippen molar-refractivity contribution < 1.29 is 9.72 Å². The van der Waals surface area contributed by atoms with Crippen LogP contribution in [-0.4, -0.2) is 28.8 Å². The number of carbonyl (C=O) groups excluding carboxylic acids is 1. The van der Waals surface area contributed by atoms with Crippen LogP contribution in [0.25, 0.3) is 0 Å². The van der Waals surface area contributed by atoms with Gasteiger partial charge in [-0.2, -0.15) is 0 Å². The maximum atomic E-state index is 12.2. The smallest absolute Gasteiger partial charge is 0.304 e. The Kier molecular flexibility index (Phi) is 4.25. The van der Waals surface area contributed by atoms with E-state index in [0.29, 0.717) is 0 Å². The molecule has 0 fully saturated rings. The Morgan fingerprint density at radius 1 is 1.56 bits per heavy atom. The van der Waals surface area contributed by atoms with Gasteiger partial charge in [-0.05, 0) is 25.5 Å². The van der Waals surface area contributed by atoms with Crippen molar-refractivity contribution in [1.29, 1.82) is 0 Å². The van der Waals surface area contributed by atoms with Gasteiger partial charge in [0.1, 0.15) is 11.3 Å². The van der Waals surface area contributed by atoms with E-state index in [1.807, 2.05) is 13.8 Å². The van der Waals surface area contributed by atoms with Crippen LogP contribution in [0.2, 0.25) is 0 Å². The van der Waals surface area contributed by atoms with E-state index in [1.54, 1.807) is 13.1 Å². The van der Waals surface area contributed by atoms with Gasteiger partial charge in [0.2, 0.25) is 0 Å². The van der Waals surface area contributed by atoms with Gasteiger partial charge < -0.3 is 10.6 Å². The number of anilines is 1. The summed E-state index contributed by atoms with van der Waals surface area (Å²) < 4.78 is 0. The number of benzene rings is 1. The number of carbonyl (C=O) groups is 1. The van der Waals surface area contributed by atoms with E-state index in [0.717, 1.165) is 6.42 Å². The Labute approximate surface area is 106 Å². The molecule has 1 amide bonds. The summed E-state index contributed by atoms with van der Waals surface area (Å²) in [6.45, 7) is 3.83. The van der Waals surface area contributed by atoms with Crippen LogP contribution >= 0.6 is 0 Å². The van der Waals surface area contributed by atoms with E-state index in [2.05, 4.69) is 0 Å². The van der Waals surface area contributed by atoms with Gasteiger partial charge in [0.05, 0.1) is 4.92 Å². The van der Waals surface area contributed by atoms with Gasteiger partial charge in [-0.25, -0.2) is 0 Å². The quantitative estimate of drug-likeness (QED) is 0.503. The van der Waals surface area contributed by atoms with E-state index in [-0.39, 0.29) is 28.9 Å². The number of para-hydroxylation sites is 1. The highest BCUT2D eigenvalue weighted by molar-refractivity contribution is 6.00. The molecule has 0 spiro atoms. The third-order valence-corrected chi connectivity index (χ3v) is 3.05. The van der Waals surface area contributed by atoms with E-state index in [9.17, 15) is 14.9 Å². The van der Waals surface area contributed by atoms with Crippen LogP contribution in [0.1, 0.15) is 30.6 Å². The minimum atomic E-state index is -0.618. The largest absolute Gasteiger partial charge is 0.393 e. The van der Waals surface area contributed by atoms with Gasteiger partial charge in [0.25, 0.3) is 5.91 Å². The highest BCUT2D eigenvalue weighted by Gasteiger charge is 2.26. The molecule has 0 saturated heterocycles. The monoisotopic (exact) mass is 251 g/mol. The zero-order valence-electron chi connectivity index (χ0n) is 10.7. The lowest BCUT2D eigenvalue weighted by Crippen LogP contribution is -2.35. The van der Waals surface area contributed by atoms with Gasteiger partial charge in [0, 0.05) is 13.1 Å². The second-order valence-electron chi connectivity index (χ2n) is 4.17. The van der Waals surface area contributed by atoms with Crippen molar-refractivity contribution in [3.8, 4) is 0 Å². The molecule has 0 aliphatic rings. The number of hydrogen-bond donors (Lipinski definition) is 1. The second-order valence-corrected chi connectivity index (χ2v) is 4.17. The molecule has 6 nitrogen and oxygen atoms in total. The molecule has 0 aliphatic heterocycles. The lowest BCUT2D eigenvalue weighted by Gasteiger charge is -2.23. The molecule has 0 aromatic heterocycles. The molecule has 0 aliphatic carbocycles. The van der Waals surface area contributed by atoms with Crippen molar-refractivity contribution >= 4 is 17.3 Å². The summed E-state index contributed by atoms with van der Waals surface area (Å²) in [6.07, 6.45) is 0.776. The first kappa shape index (κ1) is 14.0. The summed E-state index contributed by atoms with van der Waals surface area (Å²) in [7, 11) is 1.63. The molecule has 2 N–H and O–H groups in total. The molecule has 0 bridgehead atoms. The minimum Gasteiger partial charge on any atom is -0.393 e. The van der Waals surface area contributed by atoms with Crippen molar-refractivity contribution in [2.24, 2.45) is 0 Å². The first-order chi connectivity index (χ1) is 8.40. The molecule has 0 radical (unpaired) electrons. The zero-order chi connectivity index (χ0) is 13.9. The van der Waals surface area contributed by atoms with Crippen LogP contribution < -0.4 is 5.73 Å². The summed E-state index contributed by atoms with van der Waals surface area (Å²) in [4.78, 5) is 24.0. The van der Waals surface area contributed by atoms with Crippen molar-refractivity contribution in [3.05, 3.63) is 33.9 Å². The molecule has 1 aromatic carbocycles. The van der Waals surface area contributed by atoms with Crippen LogP contribution in [0.3, 0.4) is 0 Å². The van der Waals surface area contributed by atoms with E-state index < -0.39 is 4.92 Å². The van der Waals surface area contributed by atoms with E-state index in [4.69, 9.17) is 5.73 Å². The number of hydrogen-bond acceptors (Lipinski definition) is 4. The van der Waals surface area contributed by atoms with Gasteiger partial charge >= 0.3 is 5.69 Å². The molecular weight excluding hydrogens is 234 g/mol. The summed E-state index contributed by atoms with van der Waals surface area (Å²) in [5, 5.41) is 11.0. The molecule has 1 unspecified atom stereocenters. The number of nitrogen functional groups attached to an aromatic ring is 1. The maximum absolute atomic E-state index is 12.2. The van der Waals surface area contributed by atoms with Crippen LogP contribution in [0, 0.1) is 10.1 Å². The SMILES string of the molecule is CCC(C)N(C)C(=O)c1cccc(N)c1[N+](=O)[O-]. The van der Waals surface area contributed by atoms with Crippen molar-refractivity contribution in [3.63, 3.8) is 0 Å². The molecule has 18 heavy (non-hydrogen) atoms. The molecular formula is C12H17N3O3. The number of nitrogens with two attached hydrogens (primary N) is 1. The fourth-order valence-corrected chi connectivity index (χ4v) is 1.60. The fraction of sp³-hybridized carbons (Fsp3) is 0.417. The summed E-state index contributed by atoms with van der Waals surface area (Å²) in [6, 6.07) is 4.40. The normalized spacial score (nSPS) is 11.9. The number of nitrogens with zero attached hydrogens (tertiary/aromatic N) is 2. The molecule has 0 saturated carbocycles. The van der Waals surface area contributed by atoms with Crippen LogP contribution in [0.5, 0.6) is 0 Å². The number of amides is 1. The molecule has 6 heteroatoms. The van der Waals surface area contributed by atoms with Gasteiger partial charge in [-0.1, -0.05) is 13.0 Å². The molecule has 1 rings (SSSR count). The highest BCUT2D eigenvalue weighted by atomic mass is 16.6. The number of nitro benzene ring substituents is 1.